The molecule has 2 aromatic heterocycles. The summed E-state index contributed by atoms with van der Waals surface area (Å²) in [6.07, 6.45) is 9.29. The van der Waals surface area contributed by atoms with Crippen LogP contribution in [0, 0.1) is 22.7 Å². The average Bonchev–Trinajstić information content (AvgIpc) is 1.61. The van der Waals surface area contributed by atoms with Gasteiger partial charge in [0.25, 0.3) is 0 Å². The Morgan fingerprint density at radius 3 is 1.20 bits per heavy atom. The monoisotopic (exact) mass is 1880 g/mol. The van der Waals surface area contributed by atoms with Crippen molar-refractivity contribution in [3.05, 3.63) is 95.3 Å². The Balaban J connectivity index is 0.000000467. The Kier molecular flexibility index (Phi) is 42.4. The van der Waals surface area contributed by atoms with Gasteiger partial charge in [0.15, 0.2) is 0 Å². The summed E-state index contributed by atoms with van der Waals surface area (Å²) in [5, 5.41) is 61.5. The van der Waals surface area contributed by atoms with Gasteiger partial charge in [-0.3, -0.25) is 76.9 Å². The lowest BCUT2D eigenvalue weighted by atomic mass is 9.76. The quantitative estimate of drug-likeness (QED) is 0.0140. The molecule has 4 aromatic rings. The first-order valence-corrected chi connectivity index (χ1v) is 47.0. The van der Waals surface area contributed by atoms with Crippen molar-refractivity contribution in [2.24, 2.45) is 48.2 Å². The van der Waals surface area contributed by atoms with Crippen molar-refractivity contribution in [2.45, 2.75) is 270 Å². The molecule has 38 heteroatoms. The molecule has 0 radical (unpaired) electrons. The Hall–Kier alpha value is -10.5. The SMILES string of the molecule is CN[C@H](C(=O)N[C@H](C(=O)N(C)[C@H](/C=C(\C)C(=O)NCCCC[C@@H](NC(=O)CCCN1C(=O)CC(SC[C@H](N)C(=O)O)C1=O)C(=O)O)C(C)C)C(C)(C)C)C(C)(C)c1cn(C)c2ccccc12.CN[C@H](C(=O)N[C@H](C(=O)N(C)[C@H](/C=C(\C)C(=O)N[C@@H](CCCCNC(=O)CCCN1C(=O)CC(SC[C@H](N)C(=O)O)C1=O)C(=O)O)C(C)C)C(C)(C)C)C(C)(C)c1cn(C)c2ccccc12. The molecule has 12 atom stereocenters. The first-order valence-electron chi connectivity index (χ1n) is 44.9. The van der Waals surface area contributed by atoms with E-state index in [1.165, 1.54) is 4.90 Å². The second-order valence-corrected chi connectivity index (χ2v) is 40.7. The molecular weight excluding hydrogens is 1740 g/mol. The Labute approximate surface area is 783 Å². The van der Waals surface area contributed by atoms with Crippen molar-refractivity contribution in [3.63, 3.8) is 0 Å². The van der Waals surface area contributed by atoms with Crippen LogP contribution >= 0.6 is 23.5 Å². The molecule has 2 aliphatic heterocycles. The lowest BCUT2D eigenvalue weighted by molar-refractivity contribution is -0.142. The molecule has 2 aromatic carbocycles. The van der Waals surface area contributed by atoms with E-state index in [0.29, 0.717) is 31.3 Å². The number of carbonyl (C=O) groups is 16. The number of fused-ring (bicyclic) bond motifs is 2. The van der Waals surface area contributed by atoms with Gasteiger partial charge in [-0.25, -0.2) is 9.59 Å². The van der Waals surface area contributed by atoms with Crippen LogP contribution in [0.1, 0.15) is 199 Å². The molecule has 12 amide bonds. The molecule has 732 valence electrons. The van der Waals surface area contributed by atoms with Crippen LogP contribution in [0.25, 0.3) is 21.8 Å². The minimum absolute atomic E-state index is 0.0136. The summed E-state index contributed by atoms with van der Waals surface area (Å²) in [6, 6.07) is 6.96. The number of carboxylic acids is 4. The van der Waals surface area contributed by atoms with E-state index >= 15 is 0 Å². The van der Waals surface area contributed by atoms with Crippen molar-refractivity contribution in [1.82, 2.24) is 71.3 Å². The van der Waals surface area contributed by atoms with Crippen LogP contribution in [-0.2, 0) is 102 Å². The lowest BCUT2D eigenvalue weighted by Gasteiger charge is -2.39. The van der Waals surface area contributed by atoms with Gasteiger partial charge in [-0.2, -0.15) is 0 Å². The number of thioether (sulfide) groups is 2. The molecule has 2 saturated heterocycles. The second-order valence-electron chi connectivity index (χ2n) is 38.2. The summed E-state index contributed by atoms with van der Waals surface area (Å²) < 4.78 is 4.07. The predicted octanol–water partition coefficient (Wildman–Crippen LogP) is 5.83. The zero-order valence-electron chi connectivity index (χ0n) is 80.7. The van der Waals surface area contributed by atoms with E-state index in [2.05, 4.69) is 42.5 Å². The number of hydrogen-bond donors (Lipinski definition) is 14. The molecule has 0 saturated carbocycles. The standard InChI is InChI=1S/2C47H72N8O10S/c1-27(2)34(54(11)43(61)39(46(4,5)6)52-41(59)38(49-9)47(7,8)30-25-53(10)33-19-13-12-17-29(30)33)23-28(3)40(58)50-21-15-14-18-32(45(64)65)51-36(56)20-16-22-55-37(57)24-35(42(55)60)66-26-31(48)44(62)63;1-27(2)34(54(11)43(61)39(46(4,5)6)52-41(59)38(49-9)47(7,8)30-25-53(10)33-19-13-12-17-29(30)33)23-28(3)40(58)51-32(45(64)65)18-14-15-21-50-36(56)20-16-22-55-37(57)24-35(42(55)60)66-26-31(48)44(62)63/h12-13,17,19,23,25,27,31-32,34-35,38-39,49H,14-16,18,20-22,24,26,48H2,1-11H3,(H,50,58)(H,51,56)(H,52,59)(H,62,63)(H,64,65);12-13,17,19,23,25,27,31-32,34-35,38-39,49H,14-16,18,20-22,24,26,48H2,1-11H3,(H,50,56)(H,51,58)(H,52,59)(H,62,63)(H,64,65)/b2*28-23+/t31-,32+,34+,35?,38+,39+;31-,32-,34+,35?,38+,39+/m00/s1. The average molecular weight is 1880 g/mol. The number of unbranched alkanes of at least 4 members (excludes halogenated alkanes) is 2. The molecule has 36 nitrogen and oxygen atoms in total. The van der Waals surface area contributed by atoms with Gasteiger partial charge in [0.1, 0.15) is 36.3 Å². The van der Waals surface area contributed by atoms with Gasteiger partial charge < -0.3 is 93.4 Å². The third-order valence-electron chi connectivity index (χ3n) is 24.3. The van der Waals surface area contributed by atoms with Crippen LogP contribution in [0.2, 0.25) is 0 Å². The molecule has 2 fully saturated rings. The van der Waals surface area contributed by atoms with E-state index in [0.717, 1.165) is 66.3 Å². The fourth-order valence-electron chi connectivity index (χ4n) is 16.3. The number of hydrogen-bond acceptors (Lipinski definition) is 22. The number of nitrogens with one attached hydrogen (secondary N) is 8. The molecule has 132 heavy (non-hydrogen) atoms. The summed E-state index contributed by atoms with van der Waals surface area (Å²) in [6.45, 7) is 30.7. The molecule has 16 N–H and O–H groups in total. The molecule has 6 rings (SSSR count). The number of nitrogens with zero attached hydrogens (tertiary/aromatic N) is 6. The number of aliphatic carboxylic acids is 4. The highest BCUT2D eigenvalue weighted by molar-refractivity contribution is 8.01. The molecule has 2 unspecified atom stereocenters. The third-order valence-corrected chi connectivity index (χ3v) is 26.9. The fourth-order valence-corrected chi connectivity index (χ4v) is 18.6. The summed E-state index contributed by atoms with van der Waals surface area (Å²) in [4.78, 5) is 210. The number of rotatable bonds is 50. The third kappa shape index (κ3) is 30.8. The largest absolute Gasteiger partial charge is 0.480 e. The van der Waals surface area contributed by atoms with Crippen molar-refractivity contribution in [3.8, 4) is 0 Å². The zero-order valence-corrected chi connectivity index (χ0v) is 82.3. The van der Waals surface area contributed by atoms with Crippen LogP contribution in [-0.4, -0.2) is 281 Å². The Morgan fingerprint density at radius 1 is 0.485 bits per heavy atom. The maximum Gasteiger partial charge on any atom is 0.326 e. The van der Waals surface area contributed by atoms with Gasteiger partial charge in [-0.15, -0.1) is 23.5 Å². The number of carboxylic acid groups (broad SMARTS) is 4. The molecule has 0 spiro atoms. The van der Waals surface area contributed by atoms with Gasteiger partial charge in [0.05, 0.1) is 34.7 Å². The van der Waals surface area contributed by atoms with E-state index in [-0.39, 0.29) is 142 Å². The topological polar surface area (TPSA) is 525 Å². The van der Waals surface area contributed by atoms with Crippen LogP contribution in [0.5, 0.6) is 0 Å². The first kappa shape index (κ1) is 112. The number of amides is 12. The Morgan fingerprint density at radius 2 is 0.841 bits per heavy atom. The van der Waals surface area contributed by atoms with Gasteiger partial charge in [-0.1, -0.05) is 145 Å². The van der Waals surface area contributed by atoms with Gasteiger partial charge in [-0.05, 0) is 125 Å². The lowest BCUT2D eigenvalue weighted by Crippen LogP contribution is -2.61. The second kappa shape index (κ2) is 50.0. The number of benzene rings is 2. The highest BCUT2D eigenvalue weighted by Gasteiger charge is 2.47. The summed E-state index contributed by atoms with van der Waals surface area (Å²) in [5.41, 5.74) is 12.9. The zero-order chi connectivity index (χ0) is 99.7. The van der Waals surface area contributed by atoms with Crippen molar-refractivity contribution < 1.29 is 97.1 Å². The normalized spacial score (nSPS) is 17.0. The van der Waals surface area contributed by atoms with E-state index in [4.69, 9.17) is 21.7 Å². The van der Waals surface area contributed by atoms with Crippen molar-refractivity contribution in [2.75, 3.05) is 65.9 Å². The number of aromatic nitrogens is 2. The van der Waals surface area contributed by atoms with E-state index in [9.17, 15) is 86.9 Å². The minimum Gasteiger partial charge on any atom is -0.480 e. The number of likely N-dealkylation sites (tertiary alicyclic amines) is 2. The van der Waals surface area contributed by atoms with Gasteiger partial charge >= 0.3 is 23.9 Å². The van der Waals surface area contributed by atoms with E-state index < -0.39 is 152 Å². The molecule has 4 heterocycles. The molecule has 2 aliphatic rings. The predicted molar refractivity (Wildman–Crippen MR) is 508 cm³/mol. The van der Waals surface area contributed by atoms with Crippen LogP contribution in [0.3, 0.4) is 0 Å². The van der Waals surface area contributed by atoms with E-state index in [1.54, 1.807) is 59.1 Å². The first-order chi connectivity index (χ1) is 61.5. The highest BCUT2D eigenvalue weighted by atomic mass is 32.2. The number of likely N-dealkylation sites (N-methyl/N-ethyl adjacent to an activating group) is 4. The number of imide groups is 2. The number of para-hydroxylation sites is 2. The maximum absolute atomic E-state index is 14.4. The molecular formula is C94H144N16O20S2. The smallest absolute Gasteiger partial charge is 0.326 e. The van der Waals surface area contributed by atoms with Gasteiger partial charge in [0, 0.05) is 148 Å². The summed E-state index contributed by atoms with van der Waals surface area (Å²) in [5.74, 6) is -10.1. The minimum atomic E-state index is -1.23. The van der Waals surface area contributed by atoms with Crippen LogP contribution in [0.4, 0.5) is 0 Å². The van der Waals surface area contributed by atoms with Gasteiger partial charge in [0.2, 0.25) is 70.9 Å². The van der Waals surface area contributed by atoms with Crippen LogP contribution < -0.4 is 54.0 Å². The van der Waals surface area contributed by atoms with E-state index in [1.807, 2.05) is 181 Å². The van der Waals surface area contributed by atoms with Crippen molar-refractivity contribution in [1.29, 1.82) is 0 Å². The number of nitrogens with two attached hydrogens (primary N) is 2. The number of aryl methyl sites for hydroxylation is 2. The van der Waals surface area contributed by atoms with Crippen molar-refractivity contribution >= 4 is 140 Å². The molecule has 0 bridgehead atoms. The fraction of sp³-hybridized carbons (Fsp3) is 0.617. The highest BCUT2D eigenvalue weighted by Crippen LogP contribution is 2.38. The molecule has 0 aliphatic carbocycles. The number of carbonyl (C=O) groups excluding carboxylic acids is 12. The Bertz CT molecular complexity index is 4850. The maximum atomic E-state index is 14.4. The summed E-state index contributed by atoms with van der Waals surface area (Å²) >= 11 is 2.02. The van der Waals surface area contributed by atoms with Crippen LogP contribution in [0.15, 0.2) is 84.2 Å². The summed E-state index contributed by atoms with van der Waals surface area (Å²) in [7, 11) is 10.7.